The van der Waals surface area contributed by atoms with Crippen molar-refractivity contribution in [2.24, 2.45) is 0 Å². The first-order chi connectivity index (χ1) is 7.98. The Balaban J connectivity index is 0.00000361. The van der Waals surface area contributed by atoms with Gasteiger partial charge in [0.15, 0.2) is 0 Å². The van der Waals surface area contributed by atoms with Gasteiger partial charge in [-0.15, -0.1) is 68.7 Å². The van der Waals surface area contributed by atoms with E-state index in [1.165, 1.54) is 0 Å². The molecule has 0 spiro atoms. The Morgan fingerprint density at radius 3 is 0.850 bits per heavy atom. The van der Waals surface area contributed by atoms with Crippen LogP contribution in [-0.4, -0.2) is 74.3 Å². The van der Waals surface area contributed by atoms with E-state index >= 15 is 0 Å². The van der Waals surface area contributed by atoms with E-state index in [4.69, 9.17) is 0 Å². The maximum Gasteiger partial charge on any atom is 2.00 e. The van der Waals surface area contributed by atoms with Crippen LogP contribution in [0.25, 0.3) is 0 Å². The van der Waals surface area contributed by atoms with E-state index in [0.29, 0.717) is 0 Å². The second-order valence-corrected chi connectivity index (χ2v) is 84.4. The molecule has 0 aliphatic carbocycles. The van der Waals surface area contributed by atoms with E-state index in [1.807, 2.05) is 0 Å². The molecular weight excluding hydrogens is 365 g/mol. The summed E-state index contributed by atoms with van der Waals surface area (Å²) in [4.78, 5) is 0. The van der Waals surface area contributed by atoms with Crippen LogP contribution in [0.2, 0.25) is 78.6 Å². The molecule has 20 heavy (non-hydrogen) atoms. The molecule has 0 amide bonds. The summed E-state index contributed by atoms with van der Waals surface area (Å²) in [6, 6.07) is 0. The fraction of sp³-hybridized carbons (Fsp3) is 1.00. The molecule has 0 unspecified atom stereocenters. The number of rotatable bonds is 2. The van der Waals surface area contributed by atoms with Gasteiger partial charge in [-0.1, -0.05) is 39.3 Å². The molecule has 0 bridgehead atoms. The zero-order chi connectivity index (χ0) is 15.7. The first kappa shape index (κ1) is 22.3. The van der Waals surface area contributed by atoms with E-state index in [-0.39, 0.29) is 37.8 Å². The molecule has 1 fully saturated rings. The average Bonchev–Trinajstić information content (AvgIpc) is 2.02. The quantitative estimate of drug-likeness (QED) is 0.615. The third kappa shape index (κ3) is 3.37. The van der Waals surface area contributed by atoms with Crippen LogP contribution < -0.4 is 0 Å². The van der Waals surface area contributed by atoms with Crippen LogP contribution in [0.4, 0.5) is 0 Å². The first-order valence-electron chi connectivity index (χ1n) is 7.75. The molecule has 0 nitrogen and oxygen atoms in total. The molecule has 0 radical (unpaired) electrons. The third-order valence-corrected chi connectivity index (χ3v) is 163. The van der Waals surface area contributed by atoms with E-state index in [9.17, 15) is 0 Å². The molecule has 1 rings (SSSR count). The van der Waals surface area contributed by atoms with Gasteiger partial charge in [-0.05, 0) is 0 Å². The van der Waals surface area contributed by atoms with Crippen molar-refractivity contribution in [3.8, 4) is 0 Å². The minimum Gasteiger partial charge on any atom is -0.290 e. The first-order valence-corrected chi connectivity index (χ1v) is 33.8. The Morgan fingerprint density at radius 2 is 0.750 bits per heavy atom. The van der Waals surface area contributed by atoms with Gasteiger partial charge in [-0.3, -0.25) is 21.8 Å². The van der Waals surface area contributed by atoms with E-state index in [0.717, 1.165) is 0 Å². The molecule has 0 aromatic heterocycles. The van der Waals surface area contributed by atoms with Crippen LogP contribution in [0.1, 0.15) is 0 Å². The molecule has 1 aliphatic rings. The Bertz CT molecular complexity index is 331. The van der Waals surface area contributed by atoms with E-state index < -0.39 is 36.5 Å². The van der Waals surface area contributed by atoms with Crippen LogP contribution in [0.15, 0.2) is 0 Å². The van der Waals surface area contributed by atoms with Crippen molar-refractivity contribution in [2.45, 2.75) is 78.6 Å². The van der Waals surface area contributed by atoms with Gasteiger partial charge in [-0.25, -0.2) is 0 Å². The maximum atomic E-state index is 2.89. The molecule has 1 heterocycles. The topological polar surface area (TPSA) is 0 Å². The van der Waals surface area contributed by atoms with Gasteiger partial charge in [0.1, 0.15) is 0 Å². The molecular formula is C12H36MgSi7. The van der Waals surface area contributed by atoms with Gasteiger partial charge in [0, 0.05) is 0 Å². The predicted octanol–water partition coefficient (Wildman–Crippen LogP) is 3.96. The standard InChI is InChI=1S/C12H36Si7.Mg/c1-15(2,3)13-17(7,8)14(16(4,5)6)19(11,12)18(13,9)10;/h1-12H3;/q-2;+2. The molecule has 0 N–H and O–H groups in total. The summed E-state index contributed by atoms with van der Waals surface area (Å²) >= 11 is 0. The average molecular weight is 401 g/mol. The summed E-state index contributed by atoms with van der Waals surface area (Å²) in [7, 11) is -4.39. The van der Waals surface area contributed by atoms with E-state index in [2.05, 4.69) is 78.6 Å². The molecule has 1 saturated heterocycles. The Hall–Kier alpha value is 2.28. The maximum absolute atomic E-state index is 2.89. The van der Waals surface area contributed by atoms with Gasteiger partial charge < -0.3 is 0 Å². The fourth-order valence-corrected chi connectivity index (χ4v) is 326. The second kappa shape index (κ2) is 5.98. The Kier molecular flexibility index (Phi) is 6.66. The van der Waals surface area contributed by atoms with Crippen molar-refractivity contribution in [1.29, 1.82) is 0 Å². The van der Waals surface area contributed by atoms with Gasteiger partial charge in [0.2, 0.25) is 0 Å². The third-order valence-electron chi connectivity index (χ3n) is 5.56. The van der Waals surface area contributed by atoms with Crippen molar-refractivity contribution >= 4 is 74.3 Å². The number of hydrogen-bond acceptors (Lipinski definition) is 0. The van der Waals surface area contributed by atoms with Crippen LogP contribution in [0.3, 0.4) is 0 Å². The van der Waals surface area contributed by atoms with Crippen molar-refractivity contribution < 1.29 is 0 Å². The smallest absolute Gasteiger partial charge is 0.290 e. The van der Waals surface area contributed by atoms with Crippen LogP contribution in [0, 0.1) is 0 Å². The van der Waals surface area contributed by atoms with Crippen molar-refractivity contribution in [2.75, 3.05) is 0 Å². The van der Waals surface area contributed by atoms with Gasteiger partial charge in [-0.2, -0.15) is 0 Å². The Labute approximate surface area is 151 Å². The zero-order valence-electron chi connectivity index (χ0n) is 16.2. The molecule has 0 saturated carbocycles. The molecule has 8 heteroatoms. The summed E-state index contributed by atoms with van der Waals surface area (Å²) in [5.74, 6) is 0. The van der Waals surface area contributed by atoms with Crippen LogP contribution in [0.5, 0.6) is 0 Å². The minimum atomic E-state index is -0.897. The molecule has 1 aliphatic heterocycles. The largest absolute Gasteiger partial charge is 2.00 e. The normalized spacial score (nSPS) is 26.4. The molecule has 114 valence electrons. The summed E-state index contributed by atoms with van der Waals surface area (Å²) < 4.78 is 0. The predicted molar refractivity (Wildman–Crippen MR) is 116 cm³/mol. The molecule has 0 aromatic carbocycles. The van der Waals surface area contributed by atoms with Gasteiger partial charge in [0.25, 0.3) is 0 Å². The van der Waals surface area contributed by atoms with Crippen molar-refractivity contribution in [1.82, 2.24) is 0 Å². The number of hydrogen-bond donors (Lipinski definition) is 0. The molecule has 0 atom stereocenters. The summed E-state index contributed by atoms with van der Waals surface area (Å²) in [5, 5.41) is 0. The summed E-state index contributed by atoms with van der Waals surface area (Å²) in [5.41, 5.74) is 0. The van der Waals surface area contributed by atoms with E-state index in [1.54, 1.807) is 0 Å². The van der Waals surface area contributed by atoms with Crippen LogP contribution in [-0.2, 0) is 0 Å². The van der Waals surface area contributed by atoms with Gasteiger partial charge in [0.05, 0.1) is 0 Å². The molecule has 0 aromatic rings. The monoisotopic (exact) mass is 400 g/mol. The summed E-state index contributed by atoms with van der Waals surface area (Å²) in [6.07, 6.45) is 0. The van der Waals surface area contributed by atoms with Crippen molar-refractivity contribution in [3.63, 3.8) is 0 Å². The Morgan fingerprint density at radius 1 is 0.550 bits per heavy atom. The SMILES string of the molecule is C[Si](C)(C)[Si-]1[Si](C)(C)[Si-]([Si](C)(C)C)[Si](C)(C)[Si]1(C)C.[Mg+2]. The summed E-state index contributed by atoms with van der Waals surface area (Å²) in [6.45, 7) is 33.7. The zero-order valence-corrected chi connectivity index (χ0v) is 24.6. The van der Waals surface area contributed by atoms with Gasteiger partial charge >= 0.3 is 23.1 Å². The van der Waals surface area contributed by atoms with Crippen molar-refractivity contribution in [3.05, 3.63) is 0 Å². The fourth-order valence-electron chi connectivity index (χ4n) is 6.06. The minimum absolute atomic E-state index is 0. The van der Waals surface area contributed by atoms with Crippen LogP contribution >= 0.6 is 0 Å². The second-order valence-electron chi connectivity index (χ2n) is 10.1.